The molecule has 0 radical (unpaired) electrons. The zero-order chi connectivity index (χ0) is 25.7. The molecule has 0 atom stereocenters. The summed E-state index contributed by atoms with van der Waals surface area (Å²) in [5.74, 6) is 0.739. The number of carbonyl (C=O) groups is 2. The second kappa shape index (κ2) is 10.7. The number of rotatable bonds is 7. The van der Waals surface area contributed by atoms with Crippen LogP contribution < -0.4 is 15.5 Å². The van der Waals surface area contributed by atoms with E-state index >= 15 is 0 Å². The van der Waals surface area contributed by atoms with Gasteiger partial charge in [-0.1, -0.05) is 48.5 Å². The first kappa shape index (κ1) is 24.3. The maximum atomic E-state index is 13.6. The Morgan fingerprint density at radius 3 is 2.46 bits per heavy atom. The Labute approximate surface area is 215 Å². The maximum absolute atomic E-state index is 13.6. The van der Waals surface area contributed by atoms with Gasteiger partial charge in [-0.2, -0.15) is 0 Å². The molecule has 2 aromatic carbocycles. The lowest BCUT2D eigenvalue weighted by Crippen LogP contribution is -2.52. The SMILES string of the molecule is Cc1c[nH]c2ncnc(N3CCC(CNC(=O)OCc4ccccc4)(C(=O)Nc4ccccc4)CC3)c12. The molecule has 190 valence electrons. The van der Waals surface area contributed by atoms with E-state index in [4.69, 9.17) is 4.74 Å². The van der Waals surface area contributed by atoms with Crippen molar-refractivity contribution in [3.8, 4) is 0 Å². The van der Waals surface area contributed by atoms with Gasteiger partial charge in [0.2, 0.25) is 5.91 Å². The summed E-state index contributed by atoms with van der Waals surface area (Å²) < 4.78 is 5.39. The van der Waals surface area contributed by atoms with Crippen LogP contribution in [0.2, 0.25) is 0 Å². The summed E-state index contributed by atoms with van der Waals surface area (Å²) in [6, 6.07) is 18.9. The van der Waals surface area contributed by atoms with Crippen molar-refractivity contribution >= 4 is 34.5 Å². The Balaban J connectivity index is 1.30. The van der Waals surface area contributed by atoms with Crippen LogP contribution in [0.3, 0.4) is 0 Å². The number of nitrogens with zero attached hydrogens (tertiary/aromatic N) is 3. The van der Waals surface area contributed by atoms with E-state index in [1.54, 1.807) is 6.33 Å². The summed E-state index contributed by atoms with van der Waals surface area (Å²) >= 11 is 0. The lowest BCUT2D eigenvalue weighted by molar-refractivity contribution is -0.126. The predicted octanol–water partition coefficient (Wildman–Crippen LogP) is 4.42. The standard InChI is InChI=1S/C28H30N6O3/c1-20-16-29-24-23(20)25(32-19-31-24)34-14-12-28(13-15-34,26(35)33-22-10-6-3-7-11-22)18-30-27(36)37-17-21-8-4-2-5-9-21/h2-11,16,19H,12-15,17-18H2,1H3,(H,30,36)(H,33,35)(H,29,31,32). The monoisotopic (exact) mass is 498 g/mol. The number of para-hydroxylation sites is 1. The summed E-state index contributed by atoms with van der Waals surface area (Å²) in [6.07, 6.45) is 4.02. The van der Waals surface area contributed by atoms with Gasteiger partial charge in [0, 0.05) is 31.5 Å². The van der Waals surface area contributed by atoms with Crippen LogP contribution in [0.1, 0.15) is 24.0 Å². The fraction of sp³-hybridized carbons (Fsp3) is 0.286. The molecule has 0 spiro atoms. The number of nitrogens with one attached hydrogen (secondary N) is 3. The second-order valence-corrected chi connectivity index (χ2v) is 9.40. The number of alkyl carbamates (subject to hydrolysis) is 1. The minimum Gasteiger partial charge on any atom is -0.445 e. The van der Waals surface area contributed by atoms with Gasteiger partial charge in [0.05, 0.1) is 10.8 Å². The van der Waals surface area contributed by atoms with Crippen LogP contribution >= 0.6 is 0 Å². The Kier molecular flexibility index (Phi) is 7.02. The molecule has 3 heterocycles. The number of aromatic amines is 1. The normalized spacial score (nSPS) is 14.8. The van der Waals surface area contributed by atoms with Crippen LogP contribution in [-0.2, 0) is 16.1 Å². The van der Waals surface area contributed by atoms with Crippen molar-refractivity contribution in [2.75, 3.05) is 29.9 Å². The van der Waals surface area contributed by atoms with Crippen LogP contribution in [0.15, 0.2) is 73.2 Å². The molecule has 1 fully saturated rings. The van der Waals surface area contributed by atoms with E-state index in [1.165, 1.54) is 0 Å². The molecule has 0 unspecified atom stereocenters. The smallest absolute Gasteiger partial charge is 0.407 e. The molecule has 2 amide bonds. The van der Waals surface area contributed by atoms with Crippen molar-refractivity contribution in [3.05, 3.63) is 84.3 Å². The van der Waals surface area contributed by atoms with Crippen LogP contribution in [0.5, 0.6) is 0 Å². The molecule has 0 aliphatic carbocycles. The third-order valence-corrected chi connectivity index (χ3v) is 6.96. The first-order valence-corrected chi connectivity index (χ1v) is 12.4. The third kappa shape index (κ3) is 5.40. The van der Waals surface area contributed by atoms with E-state index in [1.807, 2.05) is 73.8 Å². The number of H-pyrrole nitrogens is 1. The first-order valence-electron chi connectivity index (χ1n) is 12.4. The van der Waals surface area contributed by atoms with E-state index in [0.717, 1.165) is 33.7 Å². The van der Waals surface area contributed by atoms with Gasteiger partial charge >= 0.3 is 6.09 Å². The molecule has 5 rings (SSSR count). The highest BCUT2D eigenvalue weighted by Gasteiger charge is 2.42. The molecular weight excluding hydrogens is 468 g/mol. The highest BCUT2D eigenvalue weighted by atomic mass is 16.5. The van der Waals surface area contributed by atoms with E-state index in [0.29, 0.717) is 25.9 Å². The number of aromatic nitrogens is 3. The molecule has 9 nitrogen and oxygen atoms in total. The number of hydrogen-bond donors (Lipinski definition) is 3. The zero-order valence-electron chi connectivity index (χ0n) is 20.7. The van der Waals surface area contributed by atoms with E-state index in [2.05, 4.69) is 30.5 Å². The Hall–Kier alpha value is -4.40. The molecule has 0 saturated carbocycles. The lowest BCUT2D eigenvalue weighted by atomic mass is 9.77. The topological polar surface area (TPSA) is 112 Å². The minimum absolute atomic E-state index is 0.118. The van der Waals surface area contributed by atoms with Gasteiger partial charge < -0.3 is 25.3 Å². The minimum atomic E-state index is -0.794. The van der Waals surface area contributed by atoms with Crippen LogP contribution in [0.4, 0.5) is 16.3 Å². The molecule has 2 aromatic heterocycles. The first-order chi connectivity index (χ1) is 18.0. The summed E-state index contributed by atoms with van der Waals surface area (Å²) in [7, 11) is 0. The second-order valence-electron chi connectivity index (χ2n) is 9.40. The number of anilines is 2. The maximum Gasteiger partial charge on any atom is 0.407 e. The average Bonchev–Trinajstić information content (AvgIpc) is 3.33. The fourth-order valence-electron chi connectivity index (χ4n) is 4.77. The molecule has 0 bridgehead atoms. The van der Waals surface area contributed by atoms with Crippen molar-refractivity contribution in [1.82, 2.24) is 20.3 Å². The number of aryl methyl sites for hydroxylation is 1. The van der Waals surface area contributed by atoms with Crippen LogP contribution in [0.25, 0.3) is 11.0 Å². The summed E-state index contributed by atoms with van der Waals surface area (Å²) in [6.45, 7) is 3.59. The van der Waals surface area contributed by atoms with Crippen LogP contribution in [-0.4, -0.2) is 46.6 Å². The lowest BCUT2D eigenvalue weighted by Gasteiger charge is -2.41. The Morgan fingerprint density at radius 1 is 1.03 bits per heavy atom. The zero-order valence-corrected chi connectivity index (χ0v) is 20.7. The van der Waals surface area contributed by atoms with Gasteiger partial charge in [0.15, 0.2) is 0 Å². The fourth-order valence-corrected chi connectivity index (χ4v) is 4.77. The van der Waals surface area contributed by atoms with Gasteiger partial charge in [0.25, 0.3) is 0 Å². The van der Waals surface area contributed by atoms with E-state index in [9.17, 15) is 9.59 Å². The van der Waals surface area contributed by atoms with Crippen molar-refractivity contribution < 1.29 is 14.3 Å². The number of benzene rings is 2. The summed E-state index contributed by atoms with van der Waals surface area (Å²) in [5.41, 5.74) is 2.70. The molecule has 37 heavy (non-hydrogen) atoms. The van der Waals surface area contributed by atoms with Crippen molar-refractivity contribution in [2.45, 2.75) is 26.4 Å². The highest BCUT2D eigenvalue weighted by Crippen LogP contribution is 2.36. The van der Waals surface area contributed by atoms with E-state index in [-0.39, 0.29) is 19.1 Å². The Bertz CT molecular complexity index is 1360. The predicted molar refractivity (Wildman–Crippen MR) is 142 cm³/mol. The van der Waals surface area contributed by atoms with Gasteiger partial charge in [-0.15, -0.1) is 0 Å². The molecule has 9 heteroatoms. The van der Waals surface area contributed by atoms with Crippen molar-refractivity contribution in [1.29, 1.82) is 0 Å². The third-order valence-electron chi connectivity index (χ3n) is 6.96. The molecule has 1 aliphatic rings. The number of fused-ring (bicyclic) bond motifs is 1. The summed E-state index contributed by atoms with van der Waals surface area (Å²) in [4.78, 5) is 40.4. The number of piperidine rings is 1. The molecule has 1 saturated heterocycles. The average molecular weight is 499 g/mol. The highest BCUT2D eigenvalue weighted by molar-refractivity contribution is 5.96. The largest absolute Gasteiger partial charge is 0.445 e. The van der Waals surface area contributed by atoms with Crippen molar-refractivity contribution in [3.63, 3.8) is 0 Å². The van der Waals surface area contributed by atoms with Gasteiger partial charge in [-0.05, 0) is 43.0 Å². The number of ether oxygens (including phenoxy) is 1. The van der Waals surface area contributed by atoms with Crippen molar-refractivity contribution in [2.24, 2.45) is 5.41 Å². The van der Waals surface area contributed by atoms with Gasteiger partial charge in [-0.3, -0.25) is 4.79 Å². The number of carbonyl (C=O) groups excluding carboxylic acids is 2. The Morgan fingerprint density at radius 2 is 1.73 bits per heavy atom. The molecule has 1 aliphatic heterocycles. The molecule has 3 N–H and O–H groups in total. The summed E-state index contributed by atoms with van der Waals surface area (Å²) in [5, 5.41) is 6.88. The quantitative estimate of drug-likeness (QED) is 0.348. The molecule has 4 aromatic rings. The van der Waals surface area contributed by atoms with Gasteiger partial charge in [0.1, 0.15) is 24.4 Å². The van der Waals surface area contributed by atoms with Crippen LogP contribution in [0, 0.1) is 12.3 Å². The molecular formula is C28H30N6O3. The number of hydrogen-bond acceptors (Lipinski definition) is 6. The van der Waals surface area contributed by atoms with E-state index < -0.39 is 11.5 Å². The van der Waals surface area contributed by atoms with Gasteiger partial charge in [-0.25, -0.2) is 14.8 Å². The number of amides is 2.